The van der Waals surface area contributed by atoms with E-state index in [1.807, 2.05) is 6.07 Å². The monoisotopic (exact) mass is 1450 g/mol. The lowest BCUT2D eigenvalue weighted by Gasteiger charge is -2.38. The van der Waals surface area contributed by atoms with Crippen molar-refractivity contribution in [2.45, 2.75) is 147 Å². The zero-order valence-electron chi connectivity index (χ0n) is 61.2. The smallest absolute Gasteiger partial charge is 0.244 e. The van der Waals surface area contributed by atoms with E-state index in [9.17, 15) is 48.9 Å². The zero-order valence-corrected chi connectivity index (χ0v) is 61.2. The molecular weight excluding hydrogens is 1340 g/mol. The van der Waals surface area contributed by atoms with Crippen LogP contribution in [0.15, 0.2) is 127 Å². The molecule has 0 spiro atoms. The van der Waals surface area contributed by atoms with Gasteiger partial charge in [0, 0.05) is 130 Å². The molecule has 6 atom stereocenters. The third-order valence-electron chi connectivity index (χ3n) is 18.2. The van der Waals surface area contributed by atoms with Gasteiger partial charge in [-0.3, -0.25) is 33.6 Å². The van der Waals surface area contributed by atoms with Crippen LogP contribution in [0.5, 0.6) is 0 Å². The summed E-state index contributed by atoms with van der Waals surface area (Å²) in [6.45, 7) is 15.9. The van der Waals surface area contributed by atoms with Crippen molar-refractivity contribution in [2.75, 3.05) is 130 Å². The van der Waals surface area contributed by atoms with E-state index in [1.54, 1.807) is 48.5 Å². The van der Waals surface area contributed by atoms with Gasteiger partial charge in [0.1, 0.15) is 31.4 Å². The van der Waals surface area contributed by atoms with Gasteiger partial charge >= 0.3 is 0 Å². The molecule has 568 valence electrons. The van der Waals surface area contributed by atoms with Crippen LogP contribution in [0.2, 0.25) is 0 Å². The van der Waals surface area contributed by atoms with Crippen LogP contribution in [0.4, 0.5) is 11.4 Å². The molecule has 0 aliphatic carbocycles. The van der Waals surface area contributed by atoms with Crippen molar-refractivity contribution in [1.29, 1.82) is 0 Å². The van der Waals surface area contributed by atoms with E-state index in [1.165, 1.54) is 40.8 Å². The largest absolute Gasteiger partial charge is 0.388 e. The number of aliphatic hydroxyl groups is 3. The first kappa shape index (κ1) is 83.2. The van der Waals surface area contributed by atoms with E-state index < -0.39 is 54.5 Å². The number of fused-ring (bicyclic) bond motifs is 2. The summed E-state index contributed by atoms with van der Waals surface area (Å²) in [5.74, 6) is -2.18. The molecule has 0 radical (unpaired) electrons. The maximum Gasteiger partial charge on any atom is 0.244 e. The van der Waals surface area contributed by atoms with E-state index in [0.717, 1.165) is 24.9 Å². The van der Waals surface area contributed by atoms with Crippen LogP contribution < -0.4 is 36.8 Å². The highest BCUT2D eigenvalue weighted by Gasteiger charge is 2.44. The van der Waals surface area contributed by atoms with Crippen LogP contribution in [-0.2, 0) is 84.1 Å². The molecule has 0 saturated carbocycles. The Morgan fingerprint density at radius 3 is 1.67 bits per heavy atom. The summed E-state index contributed by atoms with van der Waals surface area (Å²) in [7, 11) is 2.14. The van der Waals surface area contributed by atoms with Crippen molar-refractivity contribution >= 4 is 58.3 Å². The molecule has 0 bridgehead atoms. The number of carbonyl (C=O) groups excluding carboxylic acids is 7. The standard InChI is InChI=1S/C78H108N8O18/c1-55-71(92)73(94)74(95)76(104-55)103-46-40-82-69(90)34-35-70(91)84-61(54-102-53-56-28-30-58(31-29-56)72(93)57-19-8-7-9-20-57)75(96)83-37-18-43-98-48-52-101-51-47-97-42-17-36-79-67(88)32-33-68(89)81-39-45-100-50-49-99-44-38-80-66(87)27-14-15-41-86-63-24-13-11-22-60(63)78(4,5)65(86)26-16-25-64-77(2,3)59-21-10-12-23-62(59)85(64)6/h7-13,16,19-26,28-31,55,61,71,73-74,76,92,94-95H,14-15,17-18,27,32-54H2,1-6H3,(H5-,79,80,81,82,83,84,87,88,89,90,91,96)/p+1/t55-,61-,71+,73+,74-,76+/m0/s1. The van der Waals surface area contributed by atoms with Crippen molar-refractivity contribution in [3.8, 4) is 0 Å². The molecule has 104 heavy (non-hydrogen) atoms. The summed E-state index contributed by atoms with van der Waals surface area (Å²) in [5, 5.41) is 46.6. The molecule has 1 fully saturated rings. The van der Waals surface area contributed by atoms with Gasteiger partial charge in [-0.05, 0) is 69.7 Å². The lowest BCUT2D eigenvalue weighted by Crippen LogP contribution is -2.57. The van der Waals surface area contributed by atoms with E-state index in [0.29, 0.717) is 109 Å². The van der Waals surface area contributed by atoms with Gasteiger partial charge < -0.3 is 90.0 Å². The number of para-hydroxylation sites is 2. The first-order chi connectivity index (χ1) is 50.2. The third kappa shape index (κ3) is 26.5. The number of hydrogen-bond acceptors (Lipinski definition) is 19. The first-order valence-electron chi connectivity index (χ1n) is 36.2. The fourth-order valence-electron chi connectivity index (χ4n) is 12.3. The molecule has 4 aromatic rings. The Balaban J connectivity index is 0.643. The van der Waals surface area contributed by atoms with Gasteiger partial charge in [0.25, 0.3) is 0 Å². The topological polar surface area (TPSA) is 332 Å². The van der Waals surface area contributed by atoms with Gasteiger partial charge in [-0.15, -0.1) is 0 Å². The predicted molar refractivity (Wildman–Crippen MR) is 391 cm³/mol. The number of amides is 6. The van der Waals surface area contributed by atoms with Crippen molar-refractivity contribution in [1.82, 2.24) is 31.9 Å². The van der Waals surface area contributed by atoms with Gasteiger partial charge in [-0.2, -0.15) is 4.58 Å². The minimum Gasteiger partial charge on any atom is -0.388 e. The number of anilines is 1. The molecule has 3 aliphatic rings. The van der Waals surface area contributed by atoms with Crippen molar-refractivity contribution in [3.63, 3.8) is 0 Å². The van der Waals surface area contributed by atoms with Crippen molar-refractivity contribution in [3.05, 3.63) is 155 Å². The molecule has 0 unspecified atom stereocenters. The Labute approximate surface area is 610 Å². The average Bonchev–Trinajstić information content (AvgIpc) is 1.60. The van der Waals surface area contributed by atoms with Crippen LogP contribution in [0.25, 0.3) is 0 Å². The summed E-state index contributed by atoms with van der Waals surface area (Å²) in [6.07, 6.45) is 3.16. The number of unbranched alkanes of at least 4 members (excludes halogenated alkanes) is 1. The van der Waals surface area contributed by atoms with Crippen LogP contribution in [0, 0.1) is 0 Å². The fourth-order valence-corrected chi connectivity index (χ4v) is 12.3. The van der Waals surface area contributed by atoms with E-state index in [-0.39, 0.29) is 99.5 Å². The lowest BCUT2D eigenvalue weighted by atomic mass is 9.81. The lowest BCUT2D eigenvalue weighted by molar-refractivity contribution is -0.401. The minimum atomic E-state index is -1.49. The third-order valence-corrected chi connectivity index (χ3v) is 18.2. The highest BCUT2D eigenvalue weighted by Crippen LogP contribution is 2.48. The summed E-state index contributed by atoms with van der Waals surface area (Å²) >= 11 is 0. The molecule has 4 aromatic carbocycles. The molecule has 3 aliphatic heterocycles. The number of allylic oxidation sites excluding steroid dienone is 4. The van der Waals surface area contributed by atoms with E-state index in [2.05, 4.69) is 143 Å². The Hall–Kier alpha value is -8.12. The Morgan fingerprint density at radius 1 is 0.529 bits per heavy atom. The SMILES string of the molecule is C[C@@H]1O[C@@H](OCCNC(=O)CCC(=O)N[C@@H](COCc2ccc(C(=O)c3ccccc3)cc2)C(=O)NCCCOCCOCCOCCCNC(=O)CCC(=O)NCCOCCOCCNC(=O)CCCCN2C(=CC=CC3=[N+](C)c4ccccc4C3(C)C)C(C)(C)c3ccccc32)[C@@H](O)[C@H](O)[C@@H]1O. The van der Waals surface area contributed by atoms with E-state index in [4.69, 9.17) is 37.9 Å². The Kier molecular flexibility index (Phi) is 35.2. The zero-order chi connectivity index (χ0) is 74.7. The molecule has 7 rings (SSSR count). The molecule has 3 heterocycles. The number of carbonyl (C=O) groups is 7. The molecule has 26 nitrogen and oxygen atoms in total. The van der Waals surface area contributed by atoms with Crippen LogP contribution >= 0.6 is 0 Å². The number of benzene rings is 4. The van der Waals surface area contributed by atoms with Crippen LogP contribution in [-0.4, -0.2) is 229 Å². The Morgan fingerprint density at radius 2 is 1.05 bits per heavy atom. The molecule has 26 heteroatoms. The van der Waals surface area contributed by atoms with Crippen LogP contribution in [0.1, 0.15) is 125 Å². The highest BCUT2D eigenvalue weighted by atomic mass is 16.7. The number of ketones is 1. The number of nitrogens with one attached hydrogen (secondary N) is 6. The number of aliphatic hydroxyl groups excluding tert-OH is 3. The van der Waals surface area contributed by atoms with Crippen LogP contribution in [0.3, 0.4) is 0 Å². The predicted octanol–water partition coefficient (Wildman–Crippen LogP) is 4.88. The number of nitrogens with zero attached hydrogens (tertiary/aromatic N) is 2. The molecule has 0 aromatic heterocycles. The molecule has 1 saturated heterocycles. The molecule has 9 N–H and O–H groups in total. The summed E-state index contributed by atoms with van der Waals surface area (Å²) in [4.78, 5) is 91.6. The number of rotatable bonds is 48. The molecule has 6 amide bonds. The summed E-state index contributed by atoms with van der Waals surface area (Å²) in [6, 6.07) is 31.9. The van der Waals surface area contributed by atoms with Gasteiger partial charge in [0.2, 0.25) is 41.1 Å². The first-order valence-corrected chi connectivity index (χ1v) is 36.2. The molecular formula is C78H109N8O18+. The van der Waals surface area contributed by atoms with Gasteiger partial charge in [0.05, 0.1) is 84.2 Å². The second kappa shape index (κ2) is 44.0. The number of ether oxygens (including phenoxy) is 8. The van der Waals surface area contributed by atoms with Gasteiger partial charge in [-0.25, -0.2) is 0 Å². The number of hydrogen-bond donors (Lipinski definition) is 9. The summed E-state index contributed by atoms with van der Waals surface area (Å²) in [5.41, 5.74) is 9.08. The summed E-state index contributed by atoms with van der Waals surface area (Å²) < 4.78 is 47.0. The second-order valence-electron chi connectivity index (χ2n) is 26.8. The maximum absolute atomic E-state index is 13.4. The van der Waals surface area contributed by atoms with E-state index >= 15 is 0 Å². The normalized spacial score (nSPS) is 18.6. The van der Waals surface area contributed by atoms with Gasteiger partial charge in [0.15, 0.2) is 17.8 Å². The van der Waals surface area contributed by atoms with Crippen molar-refractivity contribution < 1.29 is 91.4 Å². The minimum absolute atomic E-state index is 0.00383. The van der Waals surface area contributed by atoms with Gasteiger partial charge in [-0.1, -0.05) is 111 Å². The second-order valence-corrected chi connectivity index (χ2v) is 26.8. The quantitative estimate of drug-likeness (QED) is 0.0162. The Bertz CT molecular complexity index is 3480. The fraction of sp³-hybridized carbons (Fsp3) is 0.538. The average molecular weight is 1450 g/mol. The maximum atomic E-state index is 13.4. The highest BCUT2D eigenvalue weighted by molar-refractivity contribution is 6.09. The van der Waals surface area contributed by atoms with Crippen molar-refractivity contribution in [2.24, 2.45) is 0 Å².